The molecule has 2 nitrogen and oxygen atoms in total. The van der Waals surface area contributed by atoms with Crippen molar-refractivity contribution in [2.75, 3.05) is 26.2 Å². The number of allylic oxidation sites excluding steroid dienone is 1. The largest absolute Gasteiger partial charge is 0.493 e. The maximum absolute atomic E-state index is 6.12. The van der Waals surface area contributed by atoms with Crippen LogP contribution in [0.1, 0.15) is 30.9 Å². The zero-order valence-corrected chi connectivity index (χ0v) is 15.2. The first-order valence-electron chi connectivity index (χ1n) is 9.46. The Kier molecular flexibility index (Phi) is 6.70. The average Bonchev–Trinajstić information content (AvgIpc) is 2.69. The van der Waals surface area contributed by atoms with Crippen LogP contribution in [-0.4, -0.2) is 31.1 Å². The van der Waals surface area contributed by atoms with Crippen LogP contribution in [0.15, 0.2) is 66.7 Å². The molecule has 2 aromatic carbocycles. The Bertz CT molecular complexity index is 642. The molecule has 0 aliphatic carbocycles. The highest BCUT2D eigenvalue weighted by Gasteiger charge is 2.19. The fraction of sp³-hybridized carbons (Fsp3) is 0.391. The smallest absolute Gasteiger partial charge is 0.122 e. The highest BCUT2D eigenvalue weighted by molar-refractivity contribution is 5.59. The summed E-state index contributed by atoms with van der Waals surface area (Å²) in [5.74, 6) is 1.68. The molecule has 1 aliphatic heterocycles. The molecule has 2 heteroatoms. The van der Waals surface area contributed by atoms with Crippen LogP contribution >= 0.6 is 0 Å². The lowest BCUT2D eigenvalue weighted by Crippen LogP contribution is -2.36. The standard InChI is InChI=1S/C23H29NO/c1-2-23(22-11-7-4-8-12-22)25-19-21-14-17-24(18-15-21)16-13-20-9-5-3-6-10-20/h2-12,21H,13-19H2,1H3. The highest BCUT2D eigenvalue weighted by Crippen LogP contribution is 2.22. The molecule has 1 saturated heterocycles. The van der Waals surface area contributed by atoms with Crippen LogP contribution in [0.25, 0.3) is 5.76 Å². The van der Waals surface area contributed by atoms with E-state index in [1.54, 1.807) is 0 Å². The Morgan fingerprint density at radius 2 is 1.64 bits per heavy atom. The fourth-order valence-corrected chi connectivity index (χ4v) is 3.45. The Morgan fingerprint density at radius 3 is 2.28 bits per heavy atom. The molecule has 1 aliphatic rings. The van der Waals surface area contributed by atoms with E-state index in [1.807, 2.05) is 6.07 Å². The quantitative estimate of drug-likeness (QED) is 0.659. The van der Waals surface area contributed by atoms with Crippen LogP contribution in [0.3, 0.4) is 0 Å². The fourth-order valence-electron chi connectivity index (χ4n) is 3.45. The summed E-state index contributed by atoms with van der Waals surface area (Å²) >= 11 is 0. The minimum absolute atomic E-state index is 0.673. The Morgan fingerprint density at radius 1 is 1.00 bits per heavy atom. The number of ether oxygens (including phenoxy) is 1. The summed E-state index contributed by atoms with van der Waals surface area (Å²) in [6, 6.07) is 21.2. The van der Waals surface area contributed by atoms with Crippen molar-refractivity contribution in [2.24, 2.45) is 5.92 Å². The molecule has 0 amide bonds. The first-order valence-corrected chi connectivity index (χ1v) is 9.46. The number of hydrogen-bond acceptors (Lipinski definition) is 2. The number of likely N-dealkylation sites (tertiary alicyclic amines) is 1. The van der Waals surface area contributed by atoms with Gasteiger partial charge in [0, 0.05) is 12.1 Å². The van der Waals surface area contributed by atoms with Crippen LogP contribution in [0, 0.1) is 5.92 Å². The summed E-state index contributed by atoms with van der Waals surface area (Å²) in [5, 5.41) is 0. The first-order chi connectivity index (χ1) is 12.3. The van der Waals surface area contributed by atoms with Gasteiger partial charge in [-0.25, -0.2) is 0 Å². The predicted octanol–water partition coefficient (Wildman–Crippen LogP) is 5.02. The molecule has 3 rings (SSSR count). The van der Waals surface area contributed by atoms with Crippen molar-refractivity contribution in [2.45, 2.75) is 26.2 Å². The zero-order chi connectivity index (χ0) is 17.3. The Balaban J connectivity index is 1.39. The molecule has 1 heterocycles. The van der Waals surface area contributed by atoms with Gasteiger partial charge in [0.1, 0.15) is 5.76 Å². The third kappa shape index (κ3) is 5.47. The van der Waals surface area contributed by atoms with Crippen molar-refractivity contribution in [1.29, 1.82) is 0 Å². The lowest BCUT2D eigenvalue weighted by molar-refractivity contribution is 0.130. The molecule has 0 bridgehead atoms. The number of piperidine rings is 1. The number of benzene rings is 2. The van der Waals surface area contributed by atoms with Gasteiger partial charge < -0.3 is 9.64 Å². The molecule has 0 spiro atoms. The molecule has 25 heavy (non-hydrogen) atoms. The molecule has 0 unspecified atom stereocenters. The molecule has 2 aromatic rings. The van der Waals surface area contributed by atoms with E-state index in [1.165, 1.54) is 43.6 Å². The molecule has 1 fully saturated rings. The van der Waals surface area contributed by atoms with E-state index in [9.17, 15) is 0 Å². The summed E-state index contributed by atoms with van der Waals surface area (Å²) in [4.78, 5) is 2.59. The van der Waals surface area contributed by atoms with Gasteiger partial charge in [0.15, 0.2) is 0 Å². The molecule has 132 valence electrons. The number of nitrogens with zero attached hydrogens (tertiary/aromatic N) is 1. The third-order valence-electron chi connectivity index (χ3n) is 5.06. The van der Waals surface area contributed by atoms with Crippen molar-refractivity contribution < 1.29 is 4.74 Å². The average molecular weight is 335 g/mol. The van der Waals surface area contributed by atoms with E-state index in [0.29, 0.717) is 5.92 Å². The van der Waals surface area contributed by atoms with Crippen molar-refractivity contribution in [3.05, 3.63) is 77.9 Å². The van der Waals surface area contributed by atoms with Crippen molar-refractivity contribution in [3.63, 3.8) is 0 Å². The minimum Gasteiger partial charge on any atom is -0.493 e. The summed E-state index contributed by atoms with van der Waals surface area (Å²) in [5.41, 5.74) is 2.61. The van der Waals surface area contributed by atoms with Crippen molar-refractivity contribution >= 4 is 5.76 Å². The number of rotatable bonds is 7. The van der Waals surface area contributed by atoms with Gasteiger partial charge >= 0.3 is 0 Å². The van der Waals surface area contributed by atoms with Crippen molar-refractivity contribution in [1.82, 2.24) is 4.90 Å². The van der Waals surface area contributed by atoms with Crippen molar-refractivity contribution in [3.8, 4) is 0 Å². The molecule has 0 N–H and O–H groups in total. The van der Waals surface area contributed by atoms with E-state index < -0.39 is 0 Å². The van der Waals surface area contributed by atoms with Gasteiger partial charge in [0.05, 0.1) is 6.61 Å². The molecule has 0 saturated carbocycles. The summed E-state index contributed by atoms with van der Waals surface area (Å²) in [6.45, 7) is 6.44. The summed E-state index contributed by atoms with van der Waals surface area (Å²) in [6.07, 6.45) is 5.70. The molecular formula is C23H29NO. The van der Waals surface area contributed by atoms with Gasteiger partial charge in [-0.05, 0) is 56.8 Å². The minimum atomic E-state index is 0.673. The van der Waals surface area contributed by atoms with Gasteiger partial charge in [0.25, 0.3) is 0 Å². The highest BCUT2D eigenvalue weighted by atomic mass is 16.5. The van der Waals surface area contributed by atoms with E-state index >= 15 is 0 Å². The lowest BCUT2D eigenvalue weighted by Gasteiger charge is -2.32. The summed E-state index contributed by atoms with van der Waals surface area (Å²) < 4.78 is 6.12. The Hall–Kier alpha value is -2.06. The first kappa shape index (κ1) is 17.8. The maximum Gasteiger partial charge on any atom is 0.122 e. The van der Waals surface area contributed by atoms with Crippen LogP contribution < -0.4 is 0 Å². The maximum atomic E-state index is 6.12. The van der Waals surface area contributed by atoms with Crippen LogP contribution in [0.5, 0.6) is 0 Å². The molecule has 0 radical (unpaired) electrons. The van der Waals surface area contributed by atoms with Crippen LogP contribution in [0.2, 0.25) is 0 Å². The van der Waals surface area contributed by atoms with Gasteiger partial charge in [-0.1, -0.05) is 60.7 Å². The lowest BCUT2D eigenvalue weighted by atomic mass is 9.97. The van der Waals surface area contributed by atoms with E-state index in [0.717, 1.165) is 18.8 Å². The molecule has 0 aromatic heterocycles. The van der Waals surface area contributed by atoms with Gasteiger partial charge in [0.2, 0.25) is 0 Å². The second-order valence-electron chi connectivity index (χ2n) is 6.85. The van der Waals surface area contributed by atoms with E-state index in [-0.39, 0.29) is 0 Å². The number of hydrogen-bond donors (Lipinski definition) is 0. The summed E-state index contributed by atoms with van der Waals surface area (Å²) in [7, 11) is 0. The monoisotopic (exact) mass is 335 g/mol. The second kappa shape index (κ2) is 9.43. The SMILES string of the molecule is CC=C(OCC1CCN(CCc2ccccc2)CC1)c1ccccc1. The second-order valence-corrected chi connectivity index (χ2v) is 6.85. The topological polar surface area (TPSA) is 12.5 Å². The molecular weight excluding hydrogens is 306 g/mol. The van der Waals surface area contributed by atoms with E-state index in [2.05, 4.69) is 72.5 Å². The van der Waals surface area contributed by atoms with Crippen LogP contribution in [-0.2, 0) is 11.2 Å². The van der Waals surface area contributed by atoms with Gasteiger partial charge in [-0.2, -0.15) is 0 Å². The van der Waals surface area contributed by atoms with E-state index in [4.69, 9.17) is 4.74 Å². The third-order valence-corrected chi connectivity index (χ3v) is 5.06. The Labute approximate surface area is 152 Å². The van der Waals surface area contributed by atoms with Crippen LogP contribution in [0.4, 0.5) is 0 Å². The van der Waals surface area contributed by atoms with Gasteiger partial charge in [-0.15, -0.1) is 0 Å². The van der Waals surface area contributed by atoms with Gasteiger partial charge in [-0.3, -0.25) is 0 Å². The normalized spacial score (nSPS) is 16.8. The zero-order valence-electron chi connectivity index (χ0n) is 15.2. The molecule has 0 atom stereocenters. The predicted molar refractivity (Wildman–Crippen MR) is 105 cm³/mol.